The first-order valence-electron chi connectivity index (χ1n) is 9.81. The minimum Gasteiger partial charge on any atom is -0.478 e. The molecule has 4 aromatic carbocycles. The van der Waals surface area contributed by atoms with Crippen molar-refractivity contribution in [3.05, 3.63) is 106 Å². The molecule has 0 bridgehead atoms. The Labute approximate surface area is 187 Å². The lowest BCUT2D eigenvalue weighted by Crippen LogP contribution is -1.95. The van der Waals surface area contributed by atoms with Crippen molar-refractivity contribution in [3.63, 3.8) is 0 Å². The number of benzene rings is 4. The summed E-state index contributed by atoms with van der Waals surface area (Å²) in [4.78, 5) is 11.1. The Hall–Kier alpha value is -3.63. The summed E-state index contributed by atoms with van der Waals surface area (Å²) in [6.07, 6.45) is 3.95. The van der Waals surface area contributed by atoms with Gasteiger partial charge in [0.2, 0.25) is 0 Å². The third kappa shape index (κ3) is 3.78. The van der Waals surface area contributed by atoms with Crippen molar-refractivity contribution in [1.82, 2.24) is 0 Å². The molecule has 0 unspecified atom stereocenters. The van der Waals surface area contributed by atoms with Crippen molar-refractivity contribution < 1.29 is 14.3 Å². The second kappa shape index (κ2) is 7.89. The second-order valence-electron chi connectivity index (χ2n) is 7.31. The van der Waals surface area contributed by atoms with Crippen molar-refractivity contribution >= 4 is 55.8 Å². The molecular weight excluding hydrogens is 452 g/mol. The molecule has 0 fully saturated rings. The molecule has 0 saturated carbocycles. The number of furan rings is 1. The lowest BCUT2D eigenvalue weighted by atomic mass is 10.1. The molecule has 5 rings (SSSR count). The van der Waals surface area contributed by atoms with Crippen LogP contribution in [0.5, 0.6) is 0 Å². The van der Waals surface area contributed by atoms with E-state index < -0.39 is 5.97 Å². The van der Waals surface area contributed by atoms with Gasteiger partial charge in [0.1, 0.15) is 11.3 Å². The van der Waals surface area contributed by atoms with Crippen molar-refractivity contribution in [2.24, 2.45) is 0 Å². The molecule has 0 aliphatic carbocycles. The Morgan fingerprint density at radius 3 is 2.39 bits per heavy atom. The third-order valence-electron chi connectivity index (χ3n) is 5.31. The van der Waals surface area contributed by atoms with Gasteiger partial charge in [-0.25, -0.2) is 4.79 Å². The minimum atomic E-state index is -0.939. The number of hydrogen-bond donors (Lipinski definition) is 1. The maximum atomic E-state index is 11.1. The van der Waals surface area contributed by atoms with E-state index in [-0.39, 0.29) is 5.56 Å². The minimum absolute atomic E-state index is 0.256. The summed E-state index contributed by atoms with van der Waals surface area (Å²) in [7, 11) is 0. The number of aromatic carboxylic acids is 1. The van der Waals surface area contributed by atoms with Gasteiger partial charge in [-0.15, -0.1) is 0 Å². The molecule has 0 aliphatic heterocycles. The smallest absolute Gasteiger partial charge is 0.335 e. The maximum Gasteiger partial charge on any atom is 0.335 e. The van der Waals surface area contributed by atoms with Crippen LogP contribution in [0.1, 0.15) is 21.5 Å². The summed E-state index contributed by atoms with van der Waals surface area (Å²) in [5.41, 5.74) is 4.14. The monoisotopic (exact) mass is 468 g/mol. The van der Waals surface area contributed by atoms with E-state index in [0.29, 0.717) is 0 Å². The lowest BCUT2D eigenvalue weighted by Gasteiger charge is -2.02. The van der Waals surface area contributed by atoms with Gasteiger partial charge >= 0.3 is 5.97 Å². The van der Waals surface area contributed by atoms with Gasteiger partial charge in [-0.2, -0.15) is 0 Å². The predicted molar refractivity (Wildman–Crippen MR) is 129 cm³/mol. The molecule has 1 N–H and O–H groups in total. The molecule has 0 radical (unpaired) electrons. The highest BCUT2D eigenvalue weighted by atomic mass is 79.9. The van der Waals surface area contributed by atoms with Crippen LogP contribution in [0, 0.1) is 0 Å². The number of hydrogen-bond acceptors (Lipinski definition) is 2. The Balaban J connectivity index is 1.42. The number of carbonyl (C=O) groups is 1. The zero-order valence-electron chi connectivity index (χ0n) is 16.4. The Morgan fingerprint density at radius 2 is 1.61 bits per heavy atom. The first-order valence-corrected chi connectivity index (χ1v) is 10.6. The van der Waals surface area contributed by atoms with Crippen LogP contribution in [0.3, 0.4) is 0 Å². The fourth-order valence-electron chi connectivity index (χ4n) is 3.65. The molecule has 31 heavy (non-hydrogen) atoms. The molecule has 0 saturated heterocycles. The first kappa shape index (κ1) is 19.3. The van der Waals surface area contributed by atoms with Crippen molar-refractivity contribution in [1.29, 1.82) is 0 Å². The number of fused-ring (bicyclic) bond motifs is 3. The van der Waals surface area contributed by atoms with Crippen LogP contribution in [-0.4, -0.2) is 11.1 Å². The zero-order chi connectivity index (χ0) is 21.4. The molecule has 0 atom stereocenters. The van der Waals surface area contributed by atoms with Gasteiger partial charge in [-0.3, -0.25) is 0 Å². The topological polar surface area (TPSA) is 50.4 Å². The van der Waals surface area contributed by atoms with Gasteiger partial charge < -0.3 is 9.52 Å². The predicted octanol–water partition coefficient (Wildman–Crippen LogP) is 7.88. The molecule has 5 aromatic rings. The van der Waals surface area contributed by atoms with E-state index in [2.05, 4.69) is 46.3 Å². The molecule has 0 amide bonds. The maximum absolute atomic E-state index is 11.1. The molecule has 4 heteroatoms. The van der Waals surface area contributed by atoms with E-state index in [1.165, 1.54) is 5.39 Å². The van der Waals surface area contributed by atoms with E-state index in [1.54, 1.807) is 18.2 Å². The molecule has 1 heterocycles. The quantitative estimate of drug-likeness (QED) is 0.273. The summed E-state index contributed by atoms with van der Waals surface area (Å²) < 4.78 is 6.96. The van der Waals surface area contributed by atoms with Crippen molar-refractivity contribution in [2.75, 3.05) is 0 Å². The van der Waals surface area contributed by atoms with Gasteiger partial charge in [0, 0.05) is 20.8 Å². The molecular formula is C27H17BrO3. The molecule has 0 aliphatic rings. The fourth-order valence-corrected chi connectivity index (χ4v) is 4.16. The van der Waals surface area contributed by atoms with Crippen LogP contribution in [0.15, 0.2) is 93.8 Å². The van der Waals surface area contributed by atoms with Gasteiger partial charge in [0.15, 0.2) is 0 Å². The average molecular weight is 469 g/mol. The summed E-state index contributed by atoms with van der Waals surface area (Å²) in [6, 6.07) is 27.7. The highest BCUT2D eigenvalue weighted by Crippen LogP contribution is 2.33. The van der Waals surface area contributed by atoms with E-state index >= 15 is 0 Å². The van der Waals surface area contributed by atoms with E-state index in [1.807, 2.05) is 48.6 Å². The van der Waals surface area contributed by atoms with Gasteiger partial charge in [-0.1, -0.05) is 94.8 Å². The van der Waals surface area contributed by atoms with E-state index in [9.17, 15) is 4.79 Å². The normalized spacial score (nSPS) is 11.5. The summed E-state index contributed by atoms with van der Waals surface area (Å²) in [6.45, 7) is 0. The SMILES string of the molecule is O=C(O)c1ccc(C=Cc2ccc(-c3cc4ccc5ccccc5c4o3)cc2)c(Br)c1. The second-order valence-corrected chi connectivity index (χ2v) is 8.17. The van der Waals surface area contributed by atoms with E-state index in [4.69, 9.17) is 9.52 Å². The van der Waals surface area contributed by atoms with Crippen LogP contribution >= 0.6 is 15.9 Å². The van der Waals surface area contributed by atoms with Crippen LogP contribution < -0.4 is 0 Å². The van der Waals surface area contributed by atoms with Crippen LogP contribution in [0.4, 0.5) is 0 Å². The Morgan fingerprint density at radius 1 is 0.839 bits per heavy atom. The summed E-state index contributed by atoms with van der Waals surface area (Å²) in [5, 5.41) is 12.5. The largest absolute Gasteiger partial charge is 0.478 e. The van der Waals surface area contributed by atoms with Crippen LogP contribution in [0.25, 0.3) is 45.2 Å². The van der Waals surface area contributed by atoms with Crippen molar-refractivity contribution in [2.45, 2.75) is 0 Å². The molecule has 0 spiro atoms. The zero-order valence-corrected chi connectivity index (χ0v) is 18.0. The number of halogens is 1. The number of carboxylic acids is 1. The standard InChI is InChI=1S/C27H17BrO3/c28-24-15-22(27(29)30)14-12-19(24)8-5-17-6-9-20(10-7-17)25-16-21-13-11-18-3-1-2-4-23(18)26(21)31-25/h1-16H,(H,29,30). The van der Waals surface area contributed by atoms with Gasteiger partial charge in [0.05, 0.1) is 5.56 Å². The van der Waals surface area contributed by atoms with E-state index in [0.717, 1.165) is 43.3 Å². The Bertz CT molecular complexity index is 1460. The molecule has 3 nitrogen and oxygen atoms in total. The van der Waals surface area contributed by atoms with Gasteiger partial charge in [-0.05, 0) is 34.7 Å². The molecule has 1 aromatic heterocycles. The van der Waals surface area contributed by atoms with Gasteiger partial charge in [0.25, 0.3) is 0 Å². The fraction of sp³-hybridized carbons (Fsp3) is 0. The summed E-state index contributed by atoms with van der Waals surface area (Å²) >= 11 is 3.44. The van der Waals surface area contributed by atoms with Crippen molar-refractivity contribution in [3.8, 4) is 11.3 Å². The third-order valence-corrected chi connectivity index (χ3v) is 5.99. The molecule has 150 valence electrons. The number of carboxylic acid groups (broad SMARTS) is 1. The number of rotatable bonds is 4. The average Bonchev–Trinajstić information content (AvgIpc) is 3.23. The highest BCUT2D eigenvalue weighted by molar-refractivity contribution is 9.10. The lowest BCUT2D eigenvalue weighted by molar-refractivity contribution is 0.0697. The highest BCUT2D eigenvalue weighted by Gasteiger charge is 2.09. The van der Waals surface area contributed by atoms with Crippen LogP contribution in [0.2, 0.25) is 0 Å². The Kier molecular flexibility index (Phi) is 4.92. The summed E-state index contributed by atoms with van der Waals surface area (Å²) in [5.74, 6) is -0.0979. The first-order chi connectivity index (χ1) is 15.1. The van der Waals surface area contributed by atoms with Crippen LogP contribution in [-0.2, 0) is 0 Å².